The summed E-state index contributed by atoms with van der Waals surface area (Å²) < 4.78 is 12.6. The van der Waals surface area contributed by atoms with Crippen molar-refractivity contribution in [3.8, 4) is 5.75 Å². The monoisotopic (exact) mass is 387 g/mol. The third-order valence-electron chi connectivity index (χ3n) is 4.55. The third-order valence-corrected chi connectivity index (χ3v) is 4.55. The molecule has 9 heteroatoms. The summed E-state index contributed by atoms with van der Waals surface area (Å²) in [4.78, 5) is 31.2. The fraction of sp³-hybridized carbons (Fsp3) is 0.474. The zero-order chi connectivity index (χ0) is 19.9. The number of carbonyl (C=O) groups excluding carboxylic acids is 2. The van der Waals surface area contributed by atoms with Crippen molar-refractivity contribution >= 4 is 11.8 Å². The van der Waals surface area contributed by atoms with Crippen LogP contribution in [0, 0.1) is 0 Å². The first kappa shape index (κ1) is 19.8. The van der Waals surface area contributed by atoms with E-state index < -0.39 is 6.04 Å². The van der Waals surface area contributed by atoms with Gasteiger partial charge in [0, 0.05) is 39.0 Å². The summed E-state index contributed by atoms with van der Waals surface area (Å²) >= 11 is 0. The summed E-state index contributed by atoms with van der Waals surface area (Å²) in [5.41, 5.74) is 0.318. The van der Waals surface area contributed by atoms with Gasteiger partial charge in [-0.1, -0.05) is 0 Å². The zero-order valence-electron chi connectivity index (χ0n) is 16.1. The second-order valence-corrected chi connectivity index (χ2v) is 6.48. The Morgan fingerprint density at radius 2 is 2.21 bits per heavy atom. The number of nitrogens with zero attached hydrogens (tertiary/aromatic N) is 4. The summed E-state index contributed by atoms with van der Waals surface area (Å²) in [7, 11) is 1.57. The number of pyridine rings is 1. The van der Waals surface area contributed by atoms with E-state index in [0.29, 0.717) is 44.1 Å². The first-order valence-corrected chi connectivity index (χ1v) is 9.30. The quantitative estimate of drug-likeness (QED) is 0.671. The van der Waals surface area contributed by atoms with Gasteiger partial charge in [0.05, 0.1) is 19.3 Å². The van der Waals surface area contributed by atoms with Gasteiger partial charge in [0.25, 0.3) is 5.91 Å². The van der Waals surface area contributed by atoms with Crippen LogP contribution in [0.4, 0.5) is 0 Å². The van der Waals surface area contributed by atoms with Crippen LogP contribution < -0.4 is 10.1 Å². The maximum absolute atomic E-state index is 13.0. The predicted molar refractivity (Wildman–Crippen MR) is 101 cm³/mol. The molecule has 0 aromatic carbocycles. The Hall–Kier alpha value is -2.94. The third kappa shape index (κ3) is 4.66. The van der Waals surface area contributed by atoms with Gasteiger partial charge in [-0.25, -0.2) is 0 Å². The Labute approximate surface area is 163 Å². The van der Waals surface area contributed by atoms with Gasteiger partial charge in [0.2, 0.25) is 5.91 Å². The SMILES string of the molecule is CCn1ccc(C(=O)N2CC(Oc3cccnc3)CC2C(=O)NCCOC)n1. The molecule has 28 heavy (non-hydrogen) atoms. The van der Waals surface area contributed by atoms with Gasteiger partial charge in [-0.3, -0.25) is 19.3 Å². The maximum atomic E-state index is 13.0. The van der Waals surface area contributed by atoms with Gasteiger partial charge >= 0.3 is 0 Å². The highest BCUT2D eigenvalue weighted by Gasteiger charge is 2.41. The van der Waals surface area contributed by atoms with Crippen molar-refractivity contribution in [3.05, 3.63) is 42.5 Å². The van der Waals surface area contributed by atoms with Crippen molar-refractivity contribution < 1.29 is 19.1 Å². The molecule has 9 nitrogen and oxygen atoms in total. The van der Waals surface area contributed by atoms with E-state index in [9.17, 15) is 9.59 Å². The van der Waals surface area contributed by atoms with E-state index in [1.165, 1.54) is 4.90 Å². The molecule has 3 heterocycles. The number of nitrogens with one attached hydrogen (secondary N) is 1. The lowest BCUT2D eigenvalue weighted by Crippen LogP contribution is -2.46. The van der Waals surface area contributed by atoms with Crippen LogP contribution in [0.2, 0.25) is 0 Å². The van der Waals surface area contributed by atoms with E-state index in [-0.39, 0.29) is 17.9 Å². The molecule has 150 valence electrons. The molecule has 1 aliphatic heterocycles. The van der Waals surface area contributed by atoms with Crippen LogP contribution in [0.1, 0.15) is 23.8 Å². The number of methoxy groups -OCH3 is 1. The molecule has 1 aliphatic rings. The molecule has 0 saturated carbocycles. The summed E-state index contributed by atoms with van der Waals surface area (Å²) in [6.45, 7) is 3.70. The minimum absolute atomic E-state index is 0.224. The van der Waals surface area contributed by atoms with Gasteiger partial charge in [-0.2, -0.15) is 5.10 Å². The Morgan fingerprint density at radius 1 is 1.36 bits per heavy atom. The van der Waals surface area contributed by atoms with Gasteiger partial charge in [-0.15, -0.1) is 0 Å². The molecule has 0 radical (unpaired) electrons. The molecule has 0 bridgehead atoms. The van der Waals surface area contributed by atoms with Crippen molar-refractivity contribution in [2.75, 3.05) is 26.8 Å². The van der Waals surface area contributed by atoms with E-state index in [1.807, 2.05) is 6.92 Å². The highest BCUT2D eigenvalue weighted by Crippen LogP contribution is 2.24. The number of ether oxygens (including phenoxy) is 2. The average Bonchev–Trinajstić information content (AvgIpc) is 3.35. The summed E-state index contributed by atoms with van der Waals surface area (Å²) in [5, 5.41) is 7.09. The number of carbonyl (C=O) groups is 2. The highest BCUT2D eigenvalue weighted by molar-refractivity contribution is 5.96. The molecule has 3 rings (SSSR count). The van der Waals surface area contributed by atoms with Crippen molar-refractivity contribution in [1.82, 2.24) is 25.0 Å². The molecular weight excluding hydrogens is 362 g/mol. The van der Waals surface area contributed by atoms with Crippen LogP contribution in [0.5, 0.6) is 5.75 Å². The Balaban J connectivity index is 1.74. The number of aryl methyl sites for hydroxylation is 1. The van der Waals surface area contributed by atoms with Crippen LogP contribution >= 0.6 is 0 Å². The minimum Gasteiger partial charge on any atom is -0.487 e. The van der Waals surface area contributed by atoms with Crippen LogP contribution in [0.3, 0.4) is 0 Å². The standard InChI is InChI=1S/C19H25N5O4/c1-3-23-9-6-16(22-23)19(26)24-13-15(28-14-5-4-7-20-12-14)11-17(24)18(25)21-8-10-27-2/h4-7,9,12,15,17H,3,8,10-11,13H2,1-2H3,(H,21,25). The number of hydrogen-bond acceptors (Lipinski definition) is 6. The van der Waals surface area contributed by atoms with Crippen LogP contribution in [0.15, 0.2) is 36.8 Å². The Kier molecular flexibility index (Phi) is 6.59. The van der Waals surface area contributed by atoms with E-state index in [0.717, 1.165) is 0 Å². The number of hydrogen-bond donors (Lipinski definition) is 1. The smallest absolute Gasteiger partial charge is 0.275 e. The molecule has 1 N–H and O–H groups in total. The van der Waals surface area contributed by atoms with E-state index >= 15 is 0 Å². The van der Waals surface area contributed by atoms with E-state index in [2.05, 4.69) is 15.4 Å². The zero-order valence-corrected chi connectivity index (χ0v) is 16.1. The van der Waals surface area contributed by atoms with Crippen LogP contribution in [-0.4, -0.2) is 70.4 Å². The Bertz CT molecular complexity index is 795. The average molecular weight is 387 g/mol. The minimum atomic E-state index is -0.627. The molecule has 2 atom stereocenters. The summed E-state index contributed by atoms with van der Waals surface area (Å²) in [6.07, 6.45) is 5.11. The maximum Gasteiger partial charge on any atom is 0.275 e. The fourth-order valence-electron chi connectivity index (χ4n) is 3.16. The van der Waals surface area contributed by atoms with Gasteiger partial charge in [0.1, 0.15) is 23.6 Å². The predicted octanol–water partition coefficient (Wildman–Crippen LogP) is 0.723. The largest absolute Gasteiger partial charge is 0.487 e. The van der Waals surface area contributed by atoms with Crippen molar-refractivity contribution in [2.45, 2.75) is 32.0 Å². The number of likely N-dealkylation sites (tertiary alicyclic amines) is 1. The summed E-state index contributed by atoms with van der Waals surface area (Å²) in [5.74, 6) is 0.101. The van der Waals surface area contributed by atoms with Crippen molar-refractivity contribution in [2.24, 2.45) is 0 Å². The lowest BCUT2D eigenvalue weighted by molar-refractivity contribution is -0.125. The molecule has 1 saturated heterocycles. The lowest BCUT2D eigenvalue weighted by Gasteiger charge is -2.22. The number of amides is 2. The molecule has 2 unspecified atom stereocenters. The first-order valence-electron chi connectivity index (χ1n) is 9.30. The van der Waals surface area contributed by atoms with E-state index in [1.54, 1.807) is 48.6 Å². The summed E-state index contributed by atoms with van der Waals surface area (Å²) in [6, 6.07) is 4.62. The van der Waals surface area contributed by atoms with Gasteiger partial charge in [-0.05, 0) is 25.1 Å². The topological polar surface area (TPSA) is 98.6 Å². The van der Waals surface area contributed by atoms with Crippen molar-refractivity contribution in [3.63, 3.8) is 0 Å². The second kappa shape index (κ2) is 9.32. The fourth-order valence-corrected chi connectivity index (χ4v) is 3.16. The van der Waals surface area contributed by atoms with Gasteiger partial charge < -0.3 is 19.7 Å². The molecule has 2 aromatic rings. The Morgan fingerprint density at radius 3 is 2.89 bits per heavy atom. The van der Waals surface area contributed by atoms with E-state index in [4.69, 9.17) is 9.47 Å². The normalized spacial score (nSPS) is 18.9. The lowest BCUT2D eigenvalue weighted by atomic mass is 10.1. The number of aromatic nitrogens is 3. The van der Waals surface area contributed by atoms with Crippen LogP contribution in [-0.2, 0) is 16.1 Å². The van der Waals surface area contributed by atoms with Gasteiger partial charge in [0.15, 0.2) is 0 Å². The molecule has 2 aromatic heterocycles. The molecule has 1 fully saturated rings. The van der Waals surface area contributed by atoms with Crippen molar-refractivity contribution in [1.29, 1.82) is 0 Å². The number of rotatable bonds is 8. The highest BCUT2D eigenvalue weighted by atomic mass is 16.5. The molecule has 2 amide bonds. The molecule has 0 spiro atoms. The first-order chi connectivity index (χ1) is 13.6. The molecular formula is C19H25N5O4. The van der Waals surface area contributed by atoms with Crippen LogP contribution in [0.25, 0.3) is 0 Å². The second-order valence-electron chi connectivity index (χ2n) is 6.48. The molecule has 0 aliphatic carbocycles.